The number of nitrogens with zero attached hydrogens (tertiary/aromatic N) is 3. The molecule has 0 radical (unpaired) electrons. The molecule has 1 atom stereocenters. The van der Waals surface area contributed by atoms with E-state index >= 15 is 0 Å². The van der Waals surface area contributed by atoms with Crippen LogP contribution in [-0.2, 0) is 13.0 Å². The number of nitrogens with one attached hydrogen (secondary N) is 3. The number of amides is 2. The minimum atomic E-state index is -0.465. The van der Waals surface area contributed by atoms with Gasteiger partial charge in [0.15, 0.2) is 5.84 Å². The van der Waals surface area contributed by atoms with E-state index in [4.69, 9.17) is 11.7 Å². The fourth-order valence-electron chi connectivity index (χ4n) is 4.04. The molecule has 0 aliphatic heterocycles. The maximum absolute atomic E-state index is 13.4. The van der Waals surface area contributed by atoms with Crippen LogP contribution in [0.1, 0.15) is 75.1 Å². The summed E-state index contributed by atoms with van der Waals surface area (Å²) in [6.07, 6.45) is 2.65. The van der Waals surface area contributed by atoms with Gasteiger partial charge in [-0.2, -0.15) is 5.10 Å². The Morgan fingerprint density at radius 1 is 1.08 bits per heavy atom. The van der Waals surface area contributed by atoms with Crippen LogP contribution in [0.5, 0.6) is 0 Å². The van der Waals surface area contributed by atoms with E-state index in [1.807, 2.05) is 32.0 Å². The Balaban J connectivity index is 0.00000186. The SMILES string of the molecule is CC.Cc1cc(CNC(=O)c2cc(C(=O)NC3CCc4cc(/C(=N/N)NN)ccc43)ncn2)ccc1F. The smallest absolute Gasteiger partial charge is 0.270 e. The van der Waals surface area contributed by atoms with Gasteiger partial charge in [0.1, 0.15) is 23.5 Å². The van der Waals surface area contributed by atoms with Crippen LogP contribution in [0.4, 0.5) is 4.39 Å². The van der Waals surface area contributed by atoms with Gasteiger partial charge < -0.3 is 21.9 Å². The summed E-state index contributed by atoms with van der Waals surface area (Å²) in [5.74, 6) is 9.96. The van der Waals surface area contributed by atoms with Crippen LogP contribution in [0.15, 0.2) is 53.9 Å². The predicted molar refractivity (Wildman–Crippen MR) is 139 cm³/mol. The molecule has 1 aromatic heterocycles. The number of benzene rings is 2. The van der Waals surface area contributed by atoms with Crippen molar-refractivity contribution < 1.29 is 14.0 Å². The Morgan fingerprint density at radius 2 is 1.81 bits per heavy atom. The number of aryl methyl sites for hydroxylation is 2. The predicted octanol–water partition coefficient (Wildman–Crippen LogP) is 2.38. The summed E-state index contributed by atoms with van der Waals surface area (Å²) < 4.78 is 13.4. The van der Waals surface area contributed by atoms with Gasteiger partial charge in [-0.05, 0) is 54.2 Å². The van der Waals surface area contributed by atoms with Gasteiger partial charge >= 0.3 is 0 Å². The molecule has 0 bridgehead atoms. The molecule has 37 heavy (non-hydrogen) atoms. The number of hydrazine groups is 1. The normalized spacial score (nSPS) is 14.2. The summed E-state index contributed by atoms with van der Waals surface area (Å²) in [4.78, 5) is 33.4. The molecule has 3 aromatic rings. The van der Waals surface area contributed by atoms with Crippen molar-refractivity contribution in [1.29, 1.82) is 0 Å². The highest BCUT2D eigenvalue weighted by molar-refractivity contribution is 5.99. The fraction of sp³-hybridized carbons (Fsp3) is 0.269. The molecule has 1 unspecified atom stereocenters. The Labute approximate surface area is 214 Å². The van der Waals surface area contributed by atoms with Crippen LogP contribution in [0, 0.1) is 12.7 Å². The molecule has 0 fully saturated rings. The highest BCUT2D eigenvalue weighted by Crippen LogP contribution is 2.32. The standard InChI is InChI=1S/C24H25FN8O2.C2H6/c1-13-8-14(2-6-18(13)25)11-28-23(34)20-10-21(30-12-29-20)24(35)31-19-7-4-15-9-16(3-5-17(15)19)22(32-26)33-27;1-2/h2-3,5-6,8-10,12,19H,4,7,11,26-27H2,1H3,(H,28,34)(H,31,35)(H,32,33);1-2H3. The second-order valence-electron chi connectivity index (χ2n) is 8.16. The molecule has 2 aromatic carbocycles. The van der Waals surface area contributed by atoms with Gasteiger partial charge in [0.25, 0.3) is 11.8 Å². The molecule has 0 saturated heterocycles. The van der Waals surface area contributed by atoms with Crippen LogP contribution in [0.2, 0.25) is 0 Å². The molecule has 1 aliphatic rings. The molecule has 4 rings (SSSR count). The Bertz CT molecular complexity index is 1310. The molecule has 0 saturated carbocycles. The van der Waals surface area contributed by atoms with Crippen molar-refractivity contribution >= 4 is 17.6 Å². The maximum Gasteiger partial charge on any atom is 0.270 e. The summed E-state index contributed by atoms with van der Waals surface area (Å²) in [5.41, 5.74) is 6.63. The van der Waals surface area contributed by atoms with Gasteiger partial charge in [0, 0.05) is 18.2 Å². The van der Waals surface area contributed by atoms with Crippen molar-refractivity contribution in [3.63, 3.8) is 0 Å². The molecule has 11 heteroatoms. The van der Waals surface area contributed by atoms with Gasteiger partial charge in [0.05, 0.1) is 6.04 Å². The zero-order valence-corrected chi connectivity index (χ0v) is 21.0. The third-order valence-corrected chi connectivity index (χ3v) is 5.87. The van der Waals surface area contributed by atoms with Gasteiger partial charge in [-0.25, -0.2) is 20.2 Å². The van der Waals surface area contributed by atoms with E-state index in [1.54, 1.807) is 19.1 Å². The maximum atomic E-state index is 13.4. The van der Waals surface area contributed by atoms with E-state index in [2.05, 4.69) is 31.1 Å². The fourth-order valence-corrected chi connectivity index (χ4v) is 4.04. The second-order valence-corrected chi connectivity index (χ2v) is 8.16. The Hall–Kier alpha value is -4.38. The summed E-state index contributed by atoms with van der Waals surface area (Å²) in [6, 6.07) is 11.4. The first-order valence-corrected chi connectivity index (χ1v) is 11.9. The number of rotatable bonds is 6. The summed E-state index contributed by atoms with van der Waals surface area (Å²) in [5, 5.41) is 9.31. The number of hydrazone groups is 1. The average Bonchev–Trinajstić information content (AvgIpc) is 3.33. The van der Waals surface area contributed by atoms with Gasteiger partial charge in [-0.3, -0.25) is 9.59 Å². The monoisotopic (exact) mass is 506 g/mol. The number of nitrogens with two attached hydrogens (primary N) is 2. The van der Waals surface area contributed by atoms with E-state index in [1.165, 1.54) is 18.5 Å². The molecule has 1 heterocycles. The van der Waals surface area contributed by atoms with Gasteiger partial charge in [0.2, 0.25) is 0 Å². The largest absolute Gasteiger partial charge is 0.347 e. The molecular formula is C26H31FN8O2. The van der Waals surface area contributed by atoms with Crippen molar-refractivity contribution in [2.24, 2.45) is 16.8 Å². The quantitative estimate of drug-likeness (QED) is 0.148. The van der Waals surface area contributed by atoms with Gasteiger partial charge in [-0.1, -0.05) is 38.1 Å². The Morgan fingerprint density at radius 3 is 2.49 bits per heavy atom. The highest BCUT2D eigenvalue weighted by Gasteiger charge is 2.26. The topological polar surface area (TPSA) is 160 Å². The van der Waals surface area contributed by atoms with Gasteiger partial charge in [-0.15, -0.1) is 0 Å². The van der Waals surface area contributed by atoms with Crippen LogP contribution in [0.25, 0.3) is 0 Å². The van der Waals surface area contributed by atoms with Crippen LogP contribution >= 0.6 is 0 Å². The van der Waals surface area contributed by atoms with E-state index in [9.17, 15) is 14.0 Å². The molecule has 7 N–H and O–H groups in total. The lowest BCUT2D eigenvalue weighted by Crippen LogP contribution is -2.32. The lowest BCUT2D eigenvalue weighted by Gasteiger charge is -2.15. The zero-order chi connectivity index (χ0) is 26.9. The molecule has 194 valence electrons. The molecule has 0 spiro atoms. The number of hydrogen-bond donors (Lipinski definition) is 5. The third-order valence-electron chi connectivity index (χ3n) is 5.87. The molecular weight excluding hydrogens is 475 g/mol. The summed E-state index contributed by atoms with van der Waals surface area (Å²) in [6.45, 7) is 5.85. The number of carbonyl (C=O) groups is 2. The third kappa shape index (κ3) is 6.44. The molecule has 10 nitrogen and oxygen atoms in total. The van der Waals surface area contributed by atoms with Crippen molar-refractivity contribution in [2.45, 2.75) is 46.2 Å². The zero-order valence-electron chi connectivity index (χ0n) is 21.0. The number of carbonyl (C=O) groups excluding carboxylic acids is 2. The van der Waals surface area contributed by atoms with E-state index in [0.717, 1.165) is 28.7 Å². The highest BCUT2D eigenvalue weighted by atomic mass is 19.1. The molecule has 2 amide bonds. The first kappa shape index (κ1) is 27.2. The minimum absolute atomic E-state index is 0.0586. The minimum Gasteiger partial charge on any atom is -0.347 e. The van der Waals surface area contributed by atoms with Crippen LogP contribution < -0.4 is 27.7 Å². The van der Waals surface area contributed by atoms with Crippen molar-refractivity contribution in [1.82, 2.24) is 26.0 Å². The van der Waals surface area contributed by atoms with E-state index in [0.29, 0.717) is 17.8 Å². The lowest BCUT2D eigenvalue weighted by molar-refractivity contribution is 0.0931. The van der Waals surface area contributed by atoms with E-state index in [-0.39, 0.29) is 29.8 Å². The summed E-state index contributed by atoms with van der Waals surface area (Å²) in [7, 11) is 0. The summed E-state index contributed by atoms with van der Waals surface area (Å²) >= 11 is 0. The van der Waals surface area contributed by atoms with Crippen molar-refractivity contribution in [3.8, 4) is 0 Å². The van der Waals surface area contributed by atoms with Crippen molar-refractivity contribution in [3.05, 3.63) is 93.8 Å². The number of halogens is 1. The first-order valence-electron chi connectivity index (χ1n) is 11.9. The number of hydrogen-bond acceptors (Lipinski definition) is 7. The second kappa shape index (κ2) is 12.5. The Kier molecular flexibility index (Phi) is 9.22. The van der Waals surface area contributed by atoms with Crippen molar-refractivity contribution in [2.75, 3.05) is 0 Å². The van der Waals surface area contributed by atoms with Crippen LogP contribution in [0.3, 0.4) is 0 Å². The average molecular weight is 507 g/mol. The lowest BCUT2D eigenvalue weighted by atomic mass is 10.0. The number of fused-ring (bicyclic) bond motifs is 1. The number of amidine groups is 1. The first-order chi connectivity index (χ1) is 17.9. The number of aromatic nitrogens is 2. The van der Waals surface area contributed by atoms with Crippen LogP contribution in [-0.4, -0.2) is 27.6 Å². The molecule has 1 aliphatic carbocycles. The van der Waals surface area contributed by atoms with E-state index < -0.39 is 11.8 Å².